The van der Waals surface area contributed by atoms with Gasteiger partial charge in [-0.15, -0.1) is 0 Å². The van der Waals surface area contributed by atoms with Crippen molar-refractivity contribution in [2.75, 3.05) is 18.2 Å². The molecule has 1 heterocycles. The molecule has 2 aromatic rings. The van der Waals surface area contributed by atoms with Crippen LogP contribution in [0.3, 0.4) is 0 Å². The number of nitrogens with two attached hydrogens (primary N) is 1. The van der Waals surface area contributed by atoms with E-state index >= 15 is 0 Å². The first kappa shape index (κ1) is 9.39. The maximum Gasteiger partial charge on any atom is 0.200 e. The fraction of sp³-hybridized carbons (Fsp3) is 0.222. The van der Waals surface area contributed by atoms with E-state index in [1.165, 1.54) is 16.3 Å². The molecule has 0 saturated heterocycles. The number of aliphatic hydroxyl groups excluding tert-OH is 1. The van der Waals surface area contributed by atoms with E-state index in [4.69, 9.17) is 10.9 Å². The summed E-state index contributed by atoms with van der Waals surface area (Å²) in [5, 5.41) is 10.9. The summed E-state index contributed by atoms with van der Waals surface area (Å²) in [4.78, 5) is 4.34. The Bertz CT molecular complexity index is 396. The zero-order chi connectivity index (χ0) is 9.97. The lowest BCUT2D eigenvalue weighted by Crippen LogP contribution is -2.33. The van der Waals surface area contributed by atoms with Crippen LogP contribution in [0.15, 0.2) is 24.3 Å². The van der Waals surface area contributed by atoms with Gasteiger partial charge < -0.3 is 5.11 Å². The fourth-order valence-corrected chi connectivity index (χ4v) is 2.10. The Morgan fingerprint density at radius 3 is 2.93 bits per heavy atom. The molecule has 0 spiro atoms. The first-order valence-electron chi connectivity index (χ1n) is 4.30. The lowest BCUT2D eigenvalue weighted by molar-refractivity contribution is 0.302. The molecule has 0 amide bonds. The van der Waals surface area contributed by atoms with Crippen LogP contribution in [-0.2, 0) is 0 Å². The quantitative estimate of drug-likeness (QED) is 0.584. The highest BCUT2D eigenvalue weighted by molar-refractivity contribution is 7.22. The van der Waals surface area contributed by atoms with Gasteiger partial charge in [0.2, 0.25) is 5.13 Å². The van der Waals surface area contributed by atoms with Crippen molar-refractivity contribution >= 4 is 26.7 Å². The van der Waals surface area contributed by atoms with Crippen LogP contribution in [0.4, 0.5) is 5.13 Å². The summed E-state index contributed by atoms with van der Waals surface area (Å²) in [6.07, 6.45) is 0. The lowest BCUT2D eigenvalue weighted by atomic mass is 10.3. The van der Waals surface area contributed by atoms with E-state index in [0.717, 1.165) is 15.3 Å². The van der Waals surface area contributed by atoms with E-state index in [2.05, 4.69) is 4.98 Å². The SMILES string of the molecule is NN(CCO)c1nc2ccccc2s1. The first-order chi connectivity index (χ1) is 6.81. The van der Waals surface area contributed by atoms with Crippen molar-refractivity contribution in [3.8, 4) is 0 Å². The number of fused-ring (bicyclic) bond motifs is 1. The molecule has 5 heteroatoms. The van der Waals surface area contributed by atoms with Crippen molar-refractivity contribution in [2.24, 2.45) is 5.84 Å². The summed E-state index contributed by atoms with van der Waals surface area (Å²) in [6.45, 7) is 0.437. The molecule has 0 saturated carbocycles. The van der Waals surface area contributed by atoms with Crippen LogP contribution in [-0.4, -0.2) is 23.2 Å². The third-order valence-corrected chi connectivity index (χ3v) is 2.94. The second-order valence-corrected chi connectivity index (χ2v) is 3.89. The highest BCUT2D eigenvalue weighted by Crippen LogP contribution is 2.26. The van der Waals surface area contributed by atoms with E-state index in [1.54, 1.807) is 0 Å². The monoisotopic (exact) mass is 209 g/mol. The summed E-state index contributed by atoms with van der Waals surface area (Å²) in [5.41, 5.74) is 0.945. The van der Waals surface area contributed by atoms with Crippen LogP contribution in [0.5, 0.6) is 0 Å². The van der Waals surface area contributed by atoms with Crippen molar-refractivity contribution < 1.29 is 5.11 Å². The van der Waals surface area contributed by atoms with Crippen molar-refractivity contribution in [1.29, 1.82) is 0 Å². The van der Waals surface area contributed by atoms with E-state index in [0.29, 0.717) is 6.54 Å². The molecular formula is C9H11N3OS. The Balaban J connectivity index is 2.35. The molecule has 0 aliphatic heterocycles. The molecule has 3 N–H and O–H groups in total. The fourth-order valence-electron chi connectivity index (χ4n) is 1.19. The maximum atomic E-state index is 8.73. The largest absolute Gasteiger partial charge is 0.394 e. The molecule has 74 valence electrons. The van der Waals surface area contributed by atoms with E-state index in [1.807, 2.05) is 24.3 Å². The highest BCUT2D eigenvalue weighted by Gasteiger charge is 2.07. The normalized spacial score (nSPS) is 10.7. The van der Waals surface area contributed by atoms with Crippen LogP contribution in [0.2, 0.25) is 0 Å². The third-order valence-electron chi connectivity index (χ3n) is 1.87. The minimum Gasteiger partial charge on any atom is -0.394 e. The molecule has 0 atom stereocenters. The van der Waals surface area contributed by atoms with Gasteiger partial charge in [0.25, 0.3) is 0 Å². The molecule has 0 aliphatic rings. The summed E-state index contributed by atoms with van der Waals surface area (Å²) < 4.78 is 1.11. The highest BCUT2D eigenvalue weighted by atomic mass is 32.1. The van der Waals surface area contributed by atoms with Gasteiger partial charge in [0.15, 0.2) is 0 Å². The van der Waals surface area contributed by atoms with Crippen LogP contribution < -0.4 is 10.9 Å². The average Bonchev–Trinajstić information content (AvgIpc) is 2.61. The van der Waals surface area contributed by atoms with Gasteiger partial charge in [0.05, 0.1) is 23.4 Å². The molecule has 4 nitrogen and oxygen atoms in total. The topological polar surface area (TPSA) is 62.4 Å². The standard InChI is InChI=1S/C9H11N3OS/c10-12(5-6-13)9-11-7-3-1-2-4-8(7)14-9/h1-4,13H,5-6,10H2. The van der Waals surface area contributed by atoms with Gasteiger partial charge in [-0.05, 0) is 12.1 Å². The van der Waals surface area contributed by atoms with Gasteiger partial charge in [-0.1, -0.05) is 23.5 Å². The Morgan fingerprint density at radius 2 is 2.21 bits per heavy atom. The number of hydrogen-bond donors (Lipinski definition) is 2. The smallest absolute Gasteiger partial charge is 0.200 e. The van der Waals surface area contributed by atoms with Gasteiger partial charge in [-0.2, -0.15) is 0 Å². The number of benzene rings is 1. The molecule has 0 fully saturated rings. The number of hydrazine groups is 1. The average molecular weight is 209 g/mol. The van der Waals surface area contributed by atoms with E-state index < -0.39 is 0 Å². The third kappa shape index (κ3) is 1.70. The number of rotatable bonds is 3. The van der Waals surface area contributed by atoms with Gasteiger partial charge in [0, 0.05) is 0 Å². The molecular weight excluding hydrogens is 198 g/mol. The minimum absolute atomic E-state index is 0.0342. The number of aromatic nitrogens is 1. The van der Waals surface area contributed by atoms with Gasteiger partial charge in [0.1, 0.15) is 0 Å². The van der Waals surface area contributed by atoms with Gasteiger partial charge in [-0.3, -0.25) is 5.01 Å². The van der Waals surface area contributed by atoms with Crippen LogP contribution in [0, 0.1) is 0 Å². The molecule has 0 aliphatic carbocycles. The first-order valence-corrected chi connectivity index (χ1v) is 5.11. The maximum absolute atomic E-state index is 8.73. The summed E-state index contributed by atoms with van der Waals surface area (Å²) >= 11 is 1.52. The number of hydrogen-bond acceptors (Lipinski definition) is 5. The molecule has 14 heavy (non-hydrogen) atoms. The number of nitrogens with zero attached hydrogens (tertiary/aromatic N) is 2. The molecule has 2 rings (SSSR count). The summed E-state index contributed by atoms with van der Waals surface area (Å²) in [5.74, 6) is 5.69. The predicted octanol–water partition coefficient (Wildman–Crippen LogP) is 0.969. The Kier molecular flexibility index (Phi) is 2.62. The summed E-state index contributed by atoms with van der Waals surface area (Å²) in [7, 11) is 0. The number of anilines is 1. The van der Waals surface area contributed by atoms with Crippen molar-refractivity contribution in [3.05, 3.63) is 24.3 Å². The van der Waals surface area contributed by atoms with Crippen LogP contribution >= 0.6 is 11.3 Å². The Hall–Kier alpha value is -1.17. The predicted molar refractivity (Wildman–Crippen MR) is 58.2 cm³/mol. The molecule has 0 unspecified atom stereocenters. The zero-order valence-corrected chi connectivity index (χ0v) is 8.37. The van der Waals surface area contributed by atoms with Crippen LogP contribution in [0.1, 0.15) is 0 Å². The lowest BCUT2D eigenvalue weighted by Gasteiger charge is -2.11. The van der Waals surface area contributed by atoms with Crippen molar-refractivity contribution in [2.45, 2.75) is 0 Å². The number of thiazole rings is 1. The van der Waals surface area contributed by atoms with Crippen molar-refractivity contribution in [1.82, 2.24) is 4.98 Å². The van der Waals surface area contributed by atoms with Gasteiger partial charge in [-0.25, -0.2) is 10.8 Å². The van der Waals surface area contributed by atoms with Crippen LogP contribution in [0.25, 0.3) is 10.2 Å². The molecule has 0 bridgehead atoms. The minimum atomic E-state index is 0.0342. The molecule has 1 aromatic carbocycles. The van der Waals surface area contributed by atoms with E-state index in [-0.39, 0.29) is 6.61 Å². The Labute approximate surface area is 85.6 Å². The van der Waals surface area contributed by atoms with Crippen molar-refractivity contribution in [3.63, 3.8) is 0 Å². The second kappa shape index (κ2) is 3.91. The van der Waals surface area contributed by atoms with Gasteiger partial charge >= 0.3 is 0 Å². The molecule has 1 aromatic heterocycles. The zero-order valence-electron chi connectivity index (χ0n) is 7.55. The summed E-state index contributed by atoms with van der Waals surface area (Å²) in [6, 6.07) is 7.86. The van der Waals surface area contributed by atoms with E-state index in [9.17, 15) is 0 Å². The Morgan fingerprint density at radius 1 is 1.43 bits per heavy atom. The second-order valence-electron chi connectivity index (χ2n) is 2.88. The number of para-hydroxylation sites is 1. The number of aliphatic hydroxyl groups is 1. The molecule has 0 radical (unpaired) electrons.